The van der Waals surface area contributed by atoms with Gasteiger partial charge in [-0.3, -0.25) is 4.90 Å². The first-order chi connectivity index (χ1) is 9.61. The second kappa shape index (κ2) is 5.78. The monoisotopic (exact) mass is 292 g/mol. The van der Waals surface area contributed by atoms with Crippen LogP contribution in [0.2, 0.25) is 0 Å². The minimum atomic E-state index is -0.322. The number of nitrogens with two attached hydrogens (primary N) is 1. The van der Waals surface area contributed by atoms with Gasteiger partial charge in [0.15, 0.2) is 0 Å². The number of thiocarbonyl (C=S) groups is 1. The van der Waals surface area contributed by atoms with Gasteiger partial charge in [0, 0.05) is 25.2 Å². The van der Waals surface area contributed by atoms with E-state index in [1.54, 1.807) is 0 Å². The van der Waals surface area contributed by atoms with Crippen molar-refractivity contribution in [3.8, 4) is 0 Å². The van der Waals surface area contributed by atoms with Crippen molar-refractivity contribution in [3.63, 3.8) is 0 Å². The zero-order valence-corrected chi connectivity index (χ0v) is 12.5. The molecule has 2 N–H and O–H groups in total. The Morgan fingerprint density at radius 2 is 1.80 bits per heavy atom. The van der Waals surface area contributed by atoms with Crippen molar-refractivity contribution >= 4 is 17.2 Å². The molecule has 1 aromatic carbocycles. The van der Waals surface area contributed by atoms with Crippen molar-refractivity contribution in [2.45, 2.75) is 32.2 Å². The third-order valence-electron chi connectivity index (χ3n) is 4.13. The SMILES string of the molecule is NC(=S)c1cc(CN(CC2CC2)CC2CC2)ccc1F. The Balaban J connectivity index is 1.69. The van der Waals surface area contributed by atoms with E-state index in [1.165, 1.54) is 44.8 Å². The molecule has 4 heteroatoms. The van der Waals surface area contributed by atoms with Crippen LogP contribution in [0.3, 0.4) is 0 Å². The second-order valence-corrected chi connectivity index (χ2v) is 6.70. The Morgan fingerprint density at radius 1 is 1.20 bits per heavy atom. The molecule has 2 nitrogen and oxygen atoms in total. The number of nitrogens with zero attached hydrogens (tertiary/aromatic N) is 1. The van der Waals surface area contributed by atoms with Gasteiger partial charge in [-0.1, -0.05) is 18.3 Å². The molecule has 1 aromatic rings. The summed E-state index contributed by atoms with van der Waals surface area (Å²) in [5, 5.41) is 0. The Hall–Kier alpha value is -1.00. The van der Waals surface area contributed by atoms with E-state index < -0.39 is 0 Å². The fraction of sp³-hybridized carbons (Fsp3) is 0.562. The summed E-state index contributed by atoms with van der Waals surface area (Å²) in [6.45, 7) is 3.23. The molecule has 2 aliphatic carbocycles. The maximum atomic E-state index is 13.6. The van der Waals surface area contributed by atoms with E-state index in [0.29, 0.717) is 5.56 Å². The number of halogens is 1. The zero-order chi connectivity index (χ0) is 14.1. The Bertz CT molecular complexity index is 495. The molecule has 0 aliphatic heterocycles. The van der Waals surface area contributed by atoms with Crippen LogP contribution in [-0.4, -0.2) is 23.0 Å². The molecule has 0 atom stereocenters. The average molecular weight is 292 g/mol. The van der Waals surface area contributed by atoms with Gasteiger partial charge < -0.3 is 5.73 Å². The molecule has 0 heterocycles. The van der Waals surface area contributed by atoms with Crippen LogP contribution in [0.1, 0.15) is 36.8 Å². The summed E-state index contributed by atoms with van der Waals surface area (Å²) in [5.74, 6) is 1.44. The van der Waals surface area contributed by atoms with Gasteiger partial charge in [0.25, 0.3) is 0 Å². The van der Waals surface area contributed by atoms with E-state index in [2.05, 4.69) is 4.90 Å². The van der Waals surface area contributed by atoms with Gasteiger partial charge in [-0.2, -0.15) is 0 Å². The molecule has 2 saturated carbocycles. The van der Waals surface area contributed by atoms with E-state index in [0.717, 1.165) is 23.9 Å². The van der Waals surface area contributed by atoms with Crippen LogP contribution in [0.5, 0.6) is 0 Å². The molecule has 20 heavy (non-hydrogen) atoms. The maximum Gasteiger partial charge on any atom is 0.133 e. The van der Waals surface area contributed by atoms with Crippen LogP contribution in [0.25, 0.3) is 0 Å². The molecular weight excluding hydrogens is 271 g/mol. The first-order valence-electron chi connectivity index (χ1n) is 7.42. The van der Waals surface area contributed by atoms with Gasteiger partial charge in [0.2, 0.25) is 0 Å². The maximum absolute atomic E-state index is 13.6. The third-order valence-corrected chi connectivity index (χ3v) is 4.35. The highest BCUT2D eigenvalue weighted by molar-refractivity contribution is 7.80. The highest BCUT2D eigenvalue weighted by Crippen LogP contribution is 2.34. The van der Waals surface area contributed by atoms with Crippen molar-refractivity contribution < 1.29 is 4.39 Å². The molecular formula is C16H21FN2S. The van der Waals surface area contributed by atoms with Crippen LogP contribution in [0, 0.1) is 17.7 Å². The van der Waals surface area contributed by atoms with Gasteiger partial charge in [0.1, 0.15) is 10.8 Å². The normalized spacial score (nSPS) is 18.5. The van der Waals surface area contributed by atoms with Crippen molar-refractivity contribution in [1.29, 1.82) is 0 Å². The van der Waals surface area contributed by atoms with E-state index >= 15 is 0 Å². The summed E-state index contributed by atoms with van der Waals surface area (Å²) >= 11 is 4.91. The topological polar surface area (TPSA) is 29.3 Å². The third kappa shape index (κ3) is 3.76. The minimum absolute atomic E-state index is 0.139. The summed E-state index contributed by atoms with van der Waals surface area (Å²) in [7, 11) is 0. The zero-order valence-electron chi connectivity index (χ0n) is 11.6. The van der Waals surface area contributed by atoms with Crippen molar-refractivity contribution in [2.24, 2.45) is 17.6 Å². The van der Waals surface area contributed by atoms with Crippen LogP contribution in [0.4, 0.5) is 4.39 Å². The quantitative estimate of drug-likeness (QED) is 0.783. The standard InChI is InChI=1S/C16H21FN2S/c17-15-6-5-13(7-14(15)16(18)20)10-19(8-11-1-2-11)9-12-3-4-12/h5-7,11-12H,1-4,8-10H2,(H2,18,20). The van der Waals surface area contributed by atoms with Crippen LogP contribution in [-0.2, 0) is 6.54 Å². The van der Waals surface area contributed by atoms with Crippen molar-refractivity contribution in [2.75, 3.05) is 13.1 Å². The number of rotatable bonds is 7. The molecule has 0 aromatic heterocycles. The molecule has 0 unspecified atom stereocenters. The lowest BCUT2D eigenvalue weighted by atomic mass is 10.1. The largest absolute Gasteiger partial charge is 0.389 e. The van der Waals surface area contributed by atoms with E-state index in [1.807, 2.05) is 12.1 Å². The average Bonchev–Trinajstić information content (AvgIpc) is 3.27. The lowest BCUT2D eigenvalue weighted by Gasteiger charge is -2.22. The first kappa shape index (κ1) is 14.0. The lowest BCUT2D eigenvalue weighted by molar-refractivity contribution is 0.244. The predicted molar refractivity (Wildman–Crippen MR) is 83.0 cm³/mol. The molecule has 3 rings (SSSR count). The van der Waals surface area contributed by atoms with Gasteiger partial charge >= 0.3 is 0 Å². The highest BCUT2D eigenvalue weighted by atomic mass is 32.1. The summed E-state index contributed by atoms with van der Waals surface area (Å²) < 4.78 is 13.6. The number of benzene rings is 1. The Morgan fingerprint density at radius 3 is 2.30 bits per heavy atom. The van der Waals surface area contributed by atoms with E-state index in [4.69, 9.17) is 18.0 Å². The summed E-state index contributed by atoms with van der Waals surface area (Å²) in [6.07, 6.45) is 5.46. The molecule has 108 valence electrons. The molecule has 0 saturated heterocycles. The van der Waals surface area contributed by atoms with Gasteiger partial charge in [-0.25, -0.2) is 4.39 Å². The van der Waals surface area contributed by atoms with E-state index in [-0.39, 0.29) is 10.8 Å². The Kier molecular flexibility index (Phi) is 4.03. The summed E-state index contributed by atoms with van der Waals surface area (Å²) in [4.78, 5) is 2.66. The van der Waals surface area contributed by atoms with Gasteiger partial charge in [-0.15, -0.1) is 0 Å². The fourth-order valence-electron chi connectivity index (χ4n) is 2.65. The summed E-state index contributed by atoms with van der Waals surface area (Å²) in [6, 6.07) is 5.14. The number of hydrogen-bond donors (Lipinski definition) is 1. The van der Waals surface area contributed by atoms with Crippen molar-refractivity contribution in [3.05, 3.63) is 35.1 Å². The Labute approximate surface area is 125 Å². The lowest BCUT2D eigenvalue weighted by Crippen LogP contribution is -2.28. The smallest absolute Gasteiger partial charge is 0.133 e. The summed E-state index contributed by atoms with van der Waals surface area (Å²) in [5.41, 5.74) is 7.05. The minimum Gasteiger partial charge on any atom is -0.389 e. The fourth-order valence-corrected chi connectivity index (χ4v) is 2.81. The molecule has 2 fully saturated rings. The molecule has 2 aliphatic rings. The highest BCUT2D eigenvalue weighted by Gasteiger charge is 2.29. The second-order valence-electron chi connectivity index (χ2n) is 6.26. The first-order valence-corrected chi connectivity index (χ1v) is 7.83. The number of hydrogen-bond acceptors (Lipinski definition) is 2. The molecule has 0 bridgehead atoms. The molecule has 0 amide bonds. The van der Waals surface area contributed by atoms with Crippen molar-refractivity contribution in [1.82, 2.24) is 4.90 Å². The van der Waals surface area contributed by atoms with E-state index in [9.17, 15) is 4.39 Å². The van der Waals surface area contributed by atoms with Crippen LogP contribution >= 0.6 is 12.2 Å². The predicted octanol–water partition coefficient (Wildman–Crippen LogP) is 3.08. The van der Waals surface area contributed by atoms with Crippen LogP contribution < -0.4 is 5.73 Å². The van der Waals surface area contributed by atoms with Crippen LogP contribution in [0.15, 0.2) is 18.2 Å². The molecule has 0 spiro atoms. The molecule has 0 radical (unpaired) electrons. The van der Waals surface area contributed by atoms with Gasteiger partial charge in [0.05, 0.1) is 0 Å². The van der Waals surface area contributed by atoms with Gasteiger partial charge in [-0.05, 0) is 55.2 Å².